The standard InChI is InChI=1S/C25H35N7O2S2/c1-24(2,3)36(34)30-19-9-6-10-25(19)11-13-32(14-12-25)23-28-21(26)20(22(33)31(23)4)35-18-8-5-7-17-16(18)15-27-29-17/h5,7-8,15,19,30H,6,9-14,26H2,1-4H3,(H,27,29)/t19-,36-/m1/s1. The predicted octanol–water partition coefficient (Wildman–Crippen LogP) is 3.58. The van der Waals surface area contributed by atoms with Gasteiger partial charge in [0.25, 0.3) is 5.56 Å². The maximum absolute atomic E-state index is 13.4. The lowest BCUT2D eigenvalue weighted by atomic mass is 9.74. The molecule has 1 spiro atoms. The van der Waals surface area contributed by atoms with Gasteiger partial charge in [-0.2, -0.15) is 10.1 Å². The first-order chi connectivity index (χ1) is 17.1. The van der Waals surface area contributed by atoms with Crippen molar-refractivity contribution in [1.82, 2.24) is 24.5 Å². The minimum atomic E-state index is -1.08. The number of hydrogen-bond donors (Lipinski definition) is 3. The van der Waals surface area contributed by atoms with Gasteiger partial charge in [0, 0.05) is 41.8 Å². The average molecular weight is 530 g/mol. The van der Waals surface area contributed by atoms with E-state index in [-0.39, 0.29) is 27.6 Å². The first kappa shape index (κ1) is 25.4. The number of nitrogens with one attached hydrogen (secondary N) is 2. The van der Waals surface area contributed by atoms with E-state index in [9.17, 15) is 9.35 Å². The second kappa shape index (κ2) is 9.59. The highest BCUT2D eigenvalue weighted by Crippen LogP contribution is 2.47. The summed E-state index contributed by atoms with van der Waals surface area (Å²) in [5.41, 5.74) is 7.26. The van der Waals surface area contributed by atoms with Crippen LogP contribution in [0.15, 0.2) is 39.0 Å². The third-order valence-corrected chi connectivity index (χ3v) is 10.4. The Morgan fingerprint density at radius 1 is 1.28 bits per heavy atom. The van der Waals surface area contributed by atoms with Crippen molar-refractivity contribution in [1.29, 1.82) is 0 Å². The molecule has 1 aliphatic carbocycles. The third kappa shape index (κ3) is 4.62. The SMILES string of the molecule is Cn1c(N2CCC3(CCC[C@H]3N[S@+]([O-])C(C)(C)C)CC2)nc(N)c(Sc2cccc3[nH]ncc23)c1=O. The lowest BCUT2D eigenvalue weighted by Crippen LogP contribution is -2.53. The first-order valence-corrected chi connectivity index (χ1v) is 14.5. The number of aromatic nitrogens is 4. The van der Waals surface area contributed by atoms with E-state index in [0.717, 1.165) is 61.0 Å². The van der Waals surface area contributed by atoms with Crippen molar-refractivity contribution in [3.05, 3.63) is 34.7 Å². The normalized spacial score (nSPS) is 20.9. The number of benzene rings is 1. The van der Waals surface area contributed by atoms with Crippen LogP contribution in [0.2, 0.25) is 0 Å². The van der Waals surface area contributed by atoms with E-state index in [2.05, 4.69) is 19.8 Å². The molecule has 0 unspecified atom stereocenters. The van der Waals surface area contributed by atoms with Crippen molar-refractivity contribution in [3.8, 4) is 0 Å². The lowest BCUT2D eigenvalue weighted by Gasteiger charge is -2.44. The molecule has 1 saturated carbocycles. The van der Waals surface area contributed by atoms with E-state index in [4.69, 9.17) is 10.7 Å². The number of piperidine rings is 1. The summed E-state index contributed by atoms with van der Waals surface area (Å²) in [6.07, 6.45) is 7.05. The topological polar surface area (TPSA) is 128 Å². The molecule has 2 fully saturated rings. The predicted molar refractivity (Wildman–Crippen MR) is 147 cm³/mol. The van der Waals surface area contributed by atoms with Crippen LogP contribution < -0.4 is 20.9 Å². The van der Waals surface area contributed by atoms with Crippen molar-refractivity contribution < 1.29 is 4.55 Å². The Morgan fingerprint density at radius 3 is 2.75 bits per heavy atom. The molecule has 9 nitrogen and oxygen atoms in total. The lowest BCUT2D eigenvalue weighted by molar-refractivity contribution is 0.186. The van der Waals surface area contributed by atoms with Crippen molar-refractivity contribution in [3.63, 3.8) is 0 Å². The van der Waals surface area contributed by atoms with Crippen LogP contribution in [0.1, 0.15) is 52.9 Å². The summed E-state index contributed by atoms with van der Waals surface area (Å²) in [6, 6.07) is 6.09. The summed E-state index contributed by atoms with van der Waals surface area (Å²) in [5, 5.41) is 8.01. The van der Waals surface area contributed by atoms with E-state index >= 15 is 0 Å². The molecule has 2 aliphatic rings. The number of anilines is 2. The molecule has 0 amide bonds. The number of nitrogen functional groups attached to an aromatic ring is 1. The van der Waals surface area contributed by atoms with Crippen LogP contribution in [0, 0.1) is 5.41 Å². The maximum Gasteiger partial charge on any atom is 0.270 e. The van der Waals surface area contributed by atoms with E-state index in [0.29, 0.717) is 10.8 Å². The minimum absolute atomic E-state index is 0.140. The van der Waals surface area contributed by atoms with Crippen LogP contribution in [0.4, 0.5) is 11.8 Å². The van der Waals surface area contributed by atoms with E-state index in [1.165, 1.54) is 11.8 Å². The summed E-state index contributed by atoms with van der Waals surface area (Å²) in [4.78, 5) is 21.6. The molecule has 11 heteroatoms. The highest BCUT2D eigenvalue weighted by atomic mass is 32.2. The van der Waals surface area contributed by atoms with Gasteiger partial charge in [-0.1, -0.05) is 24.2 Å². The Bertz CT molecular complexity index is 1310. The van der Waals surface area contributed by atoms with Crippen LogP contribution in [-0.2, 0) is 18.4 Å². The fourth-order valence-corrected chi connectivity index (χ4v) is 7.48. The summed E-state index contributed by atoms with van der Waals surface area (Å²) < 4.78 is 17.6. The van der Waals surface area contributed by atoms with Crippen molar-refractivity contribution >= 4 is 45.8 Å². The zero-order chi connectivity index (χ0) is 25.7. The molecule has 0 bridgehead atoms. The largest absolute Gasteiger partial charge is 0.598 e. The average Bonchev–Trinajstić information content (AvgIpc) is 3.47. The summed E-state index contributed by atoms with van der Waals surface area (Å²) in [7, 11) is 1.77. The van der Waals surface area contributed by atoms with Gasteiger partial charge in [-0.15, -0.1) is 4.72 Å². The molecule has 0 radical (unpaired) electrons. The van der Waals surface area contributed by atoms with Crippen LogP contribution >= 0.6 is 11.8 Å². The maximum atomic E-state index is 13.4. The van der Waals surface area contributed by atoms with Gasteiger partial charge in [0.1, 0.15) is 15.5 Å². The van der Waals surface area contributed by atoms with Crippen LogP contribution in [0.25, 0.3) is 10.9 Å². The molecule has 194 valence electrons. The van der Waals surface area contributed by atoms with E-state index in [1.807, 2.05) is 39.0 Å². The smallest absolute Gasteiger partial charge is 0.270 e. The number of rotatable bonds is 5. The fourth-order valence-electron chi connectivity index (χ4n) is 5.48. The van der Waals surface area contributed by atoms with Gasteiger partial charge in [-0.25, -0.2) is 0 Å². The summed E-state index contributed by atoms with van der Waals surface area (Å²) >= 11 is 0.250. The molecule has 1 saturated heterocycles. The number of nitrogens with two attached hydrogens (primary N) is 1. The number of fused-ring (bicyclic) bond motifs is 1. The van der Waals surface area contributed by atoms with Gasteiger partial charge < -0.3 is 15.2 Å². The molecule has 36 heavy (non-hydrogen) atoms. The quantitative estimate of drug-likeness (QED) is 0.428. The fraction of sp³-hybridized carbons (Fsp3) is 0.560. The molecule has 1 aliphatic heterocycles. The number of H-pyrrole nitrogens is 1. The second-order valence-electron chi connectivity index (χ2n) is 11.0. The van der Waals surface area contributed by atoms with Gasteiger partial charge in [-0.3, -0.25) is 14.5 Å². The third-order valence-electron chi connectivity index (χ3n) is 7.66. The number of nitrogens with zero attached hydrogens (tertiary/aromatic N) is 4. The van der Waals surface area contributed by atoms with Crippen LogP contribution in [0.5, 0.6) is 0 Å². The first-order valence-electron chi connectivity index (χ1n) is 12.5. The zero-order valence-electron chi connectivity index (χ0n) is 21.3. The van der Waals surface area contributed by atoms with Gasteiger partial charge in [-0.05, 0) is 64.0 Å². The summed E-state index contributed by atoms with van der Waals surface area (Å²) in [5.74, 6) is 0.860. The molecule has 5 rings (SSSR count). The van der Waals surface area contributed by atoms with Crippen LogP contribution in [-0.4, -0.2) is 48.2 Å². The molecular weight excluding hydrogens is 494 g/mol. The summed E-state index contributed by atoms with van der Waals surface area (Å²) in [6.45, 7) is 7.61. The Hall–Kier alpha value is -2.21. The molecule has 3 heterocycles. The van der Waals surface area contributed by atoms with Gasteiger partial charge in [0.2, 0.25) is 5.95 Å². The van der Waals surface area contributed by atoms with E-state index < -0.39 is 11.4 Å². The van der Waals surface area contributed by atoms with Crippen molar-refractivity contribution in [2.24, 2.45) is 12.5 Å². The molecule has 3 aromatic rings. The Morgan fingerprint density at radius 2 is 2.03 bits per heavy atom. The van der Waals surface area contributed by atoms with Gasteiger partial charge in [0.05, 0.1) is 17.8 Å². The zero-order valence-corrected chi connectivity index (χ0v) is 23.0. The Kier molecular flexibility index (Phi) is 6.78. The monoisotopic (exact) mass is 529 g/mol. The van der Waals surface area contributed by atoms with Crippen molar-refractivity contribution in [2.45, 2.75) is 73.5 Å². The molecule has 2 aromatic heterocycles. The molecular formula is C25H35N7O2S2. The van der Waals surface area contributed by atoms with Crippen LogP contribution in [0.3, 0.4) is 0 Å². The highest BCUT2D eigenvalue weighted by molar-refractivity contribution is 7.99. The second-order valence-corrected chi connectivity index (χ2v) is 14.0. The molecule has 2 atom stereocenters. The van der Waals surface area contributed by atoms with Gasteiger partial charge >= 0.3 is 0 Å². The number of aromatic amines is 1. The highest BCUT2D eigenvalue weighted by Gasteiger charge is 2.48. The Labute approximate surface area is 218 Å². The molecule has 1 aromatic carbocycles. The van der Waals surface area contributed by atoms with E-state index in [1.54, 1.807) is 17.8 Å². The number of hydrogen-bond acceptors (Lipinski definition) is 8. The molecule has 4 N–H and O–H groups in total. The minimum Gasteiger partial charge on any atom is -0.598 e. The van der Waals surface area contributed by atoms with Crippen molar-refractivity contribution in [2.75, 3.05) is 23.7 Å². The Balaban J connectivity index is 1.34. The van der Waals surface area contributed by atoms with Gasteiger partial charge in [0.15, 0.2) is 0 Å².